The minimum Gasteiger partial charge on any atom is -0.487 e. The van der Waals surface area contributed by atoms with Gasteiger partial charge in [0.1, 0.15) is 17.9 Å². The number of hydrogen-bond acceptors (Lipinski definition) is 2. The van der Waals surface area contributed by atoms with Gasteiger partial charge in [-0.2, -0.15) is 18.3 Å². The number of aromatic nitrogens is 2. The van der Waals surface area contributed by atoms with E-state index in [1.807, 2.05) is 18.2 Å². The van der Waals surface area contributed by atoms with Crippen LogP contribution in [0.3, 0.4) is 0 Å². The number of alkyl halides is 3. The van der Waals surface area contributed by atoms with Crippen molar-refractivity contribution in [1.29, 1.82) is 0 Å². The van der Waals surface area contributed by atoms with Gasteiger partial charge < -0.3 is 4.74 Å². The monoisotopic (exact) mass is 336 g/mol. The van der Waals surface area contributed by atoms with Crippen molar-refractivity contribution in [2.24, 2.45) is 0 Å². The second kappa shape index (κ2) is 5.83. The SMILES string of the molecule is FC(F)(F)c1c(C2CCCCC2)nn2c1COc1ccccc1C2. The molecule has 3 nitrogen and oxygen atoms in total. The maximum Gasteiger partial charge on any atom is 0.420 e. The zero-order valence-corrected chi connectivity index (χ0v) is 13.3. The summed E-state index contributed by atoms with van der Waals surface area (Å²) in [6.07, 6.45) is 0.225. The molecule has 0 amide bonds. The Hall–Kier alpha value is -1.98. The van der Waals surface area contributed by atoms with Gasteiger partial charge in [-0.1, -0.05) is 37.5 Å². The summed E-state index contributed by atoms with van der Waals surface area (Å²) in [6.45, 7) is 0.229. The number of para-hydroxylation sites is 1. The number of rotatable bonds is 1. The molecule has 0 radical (unpaired) electrons. The maximum atomic E-state index is 13.8. The molecule has 0 saturated heterocycles. The Morgan fingerprint density at radius 2 is 1.83 bits per heavy atom. The van der Waals surface area contributed by atoms with Crippen LogP contribution in [0, 0.1) is 0 Å². The third-order valence-electron chi connectivity index (χ3n) is 5.02. The second-order valence-corrected chi connectivity index (χ2v) is 6.59. The first kappa shape index (κ1) is 15.5. The lowest BCUT2D eigenvalue weighted by molar-refractivity contribution is -0.139. The van der Waals surface area contributed by atoms with E-state index in [1.54, 1.807) is 6.07 Å². The Kier molecular flexibility index (Phi) is 3.77. The zero-order valence-electron chi connectivity index (χ0n) is 13.3. The third-order valence-corrected chi connectivity index (χ3v) is 5.02. The quantitative estimate of drug-likeness (QED) is 0.741. The van der Waals surface area contributed by atoms with Gasteiger partial charge in [0.05, 0.1) is 17.9 Å². The molecular formula is C18H19F3N2O. The number of fused-ring (bicyclic) bond motifs is 2. The fourth-order valence-electron chi connectivity index (χ4n) is 3.85. The number of benzene rings is 1. The van der Waals surface area contributed by atoms with Gasteiger partial charge in [0.25, 0.3) is 0 Å². The van der Waals surface area contributed by atoms with Crippen molar-refractivity contribution < 1.29 is 17.9 Å². The van der Waals surface area contributed by atoms with Crippen LogP contribution in [-0.2, 0) is 19.3 Å². The predicted octanol–water partition coefficient (Wildman–Crippen LogP) is 4.89. The van der Waals surface area contributed by atoms with Gasteiger partial charge in [0.15, 0.2) is 0 Å². The Labute approximate surface area is 138 Å². The number of ether oxygens (including phenoxy) is 1. The molecule has 1 saturated carbocycles. The summed E-state index contributed by atoms with van der Waals surface area (Å²) in [5.41, 5.74) is 0.671. The molecule has 0 atom stereocenters. The normalized spacial score (nSPS) is 18.5. The minimum atomic E-state index is -4.40. The van der Waals surface area contributed by atoms with E-state index in [4.69, 9.17) is 4.74 Å². The van der Waals surface area contributed by atoms with E-state index >= 15 is 0 Å². The first-order valence-electron chi connectivity index (χ1n) is 8.41. The standard InChI is InChI=1S/C18H19F3N2O/c19-18(20,21)16-14-11-24-15-9-5-4-8-13(15)10-23(14)22-17(16)12-6-2-1-3-7-12/h4-5,8-9,12H,1-3,6-7,10-11H2. The van der Waals surface area contributed by atoms with Crippen molar-refractivity contribution in [3.8, 4) is 5.75 Å². The van der Waals surface area contributed by atoms with E-state index in [0.29, 0.717) is 12.3 Å². The Balaban J connectivity index is 1.80. The highest BCUT2D eigenvalue weighted by molar-refractivity contribution is 5.38. The maximum absolute atomic E-state index is 13.8. The van der Waals surface area contributed by atoms with Crippen molar-refractivity contribution in [3.05, 3.63) is 46.8 Å². The van der Waals surface area contributed by atoms with Crippen LogP contribution in [0.5, 0.6) is 5.75 Å². The molecule has 1 aliphatic carbocycles. The molecule has 0 unspecified atom stereocenters. The van der Waals surface area contributed by atoms with Crippen molar-refractivity contribution in [3.63, 3.8) is 0 Å². The summed E-state index contributed by atoms with van der Waals surface area (Å²) < 4.78 is 48.5. The molecular weight excluding hydrogens is 317 g/mol. The molecule has 1 fully saturated rings. The Bertz CT molecular complexity index is 745. The highest BCUT2D eigenvalue weighted by atomic mass is 19.4. The summed E-state index contributed by atoms with van der Waals surface area (Å²) >= 11 is 0. The van der Waals surface area contributed by atoms with Crippen LogP contribution in [-0.4, -0.2) is 9.78 Å². The van der Waals surface area contributed by atoms with Crippen LogP contribution in [0.1, 0.15) is 60.5 Å². The second-order valence-electron chi connectivity index (χ2n) is 6.59. The summed E-state index contributed by atoms with van der Waals surface area (Å²) in [5.74, 6) is 0.542. The molecule has 6 heteroatoms. The molecule has 1 aromatic heterocycles. The lowest BCUT2D eigenvalue weighted by Gasteiger charge is -2.21. The lowest BCUT2D eigenvalue weighted by atomic mass is 9.85. The van der Waals surface area contributed by atoms with Crippen LogP contribution < -0.4 is 4.74 Å². The average molecular weight is 336 g/mol. The number of hydrogen-bond donors (Lipinski definition) is 0. The smallest absolute Gasteiger partial charge is 0.420 e. The summed E-state index contributed by atoms with van der Waals surface area (Å²) in [6, 6.07) is 7.35. The van der Waals surface area contributed by atoms with Crippen molar-refractivity contribution >= 4 is 0 Å². The molecule has 4 rings (SSSR count). The molecule has 0 spiro atoms. The Morgan fingerprint density at radius 1 is 1.08 bits per heavy atom. The van der Waals surface area contributed by atoms with E-state index in [0.717, 1.165) is 37.7 Å². The topological polar surface area (TPSA) is 27.1 Å². The molecule has 1 aliphatic heterocycles. The van der Waals surface area contributed by atoms with E-state index < -0.39 is 11.7 Å². The number of halogens is 3. The molecule has 2 aliphatic rings. The Morgan fingerprint density at radius 3 is 2.58 bits per heavy atom. The number of nitrogens with zero attached hydrogens (tertiary/aromatic N) is 2. The summed E-state index contributed by atoms with van der Waals surface area (Å²) in [4.78, 5) is 0. The van der Waals surface area contributed by atoms with Gasteiger partial charge in [-0.3, -0.25) is 4.68 Å². The highest BCUT2D eigenvalue weighted by Gasteiger charge is 2.42. The van der Waals surface area contributed by atoms with Crippen LogP contribution in [0.15, 0.2) is 24.3 Å². The van der Waals surface area contributed by atoms with E-state index in [-0.39, 0.29) is 23.9 Å². The molecule has 2 aromatic rings. The van der Waals surface area contributed by atoms with Crippen molar-refractivity contribution in [1.82, 2.24) is 9.78 Å². The van der Waals surface area contributed by atoms with Gasteiger partial charge in [-0.05, 0) is 18.9 Å². The molecule has 128 valence electrons. The highest BCUT2D eigenvalue weighted by Crippen LogP contribution is 2.43. The third kappa shape index (κ3) is 2.68. The molecule has 2 heterocycles. The van der Waals surface area contributed by atoms with E-state index in [1.165, 1.54) is 4.68 Å². The lowest BCUT2D eigenvalue weighted by Crippen LogP contribution is -2.15. The van der Waals surface area contributed by atoms with Gasteiger partial charge in [0, 0.05) is 11.5 Å². The van der Waals surface area contributed by atoms with Crippen LogP contribution in [0.4, 0.5) is 13.2 Å². The van der Waals surface area contributed by atoms with Crippen LogP contribution in [0.25, 0.3) is 0 Å². The predicted molar refractivity (Wildman–Crippen MR) is 82.9 cm³/mol. The van der Waals surface area contributed by atoms with E-state index in [9.17, 15) is 13.2 Å². The van der Waals surface area contributed by atoms with Crippen molar-refractivity contribution in [2.45, 2.75) is 57.3 Å². The molecule has 0 bridgehead atoms. The summed E-state index contributed by atoms with van der Waals surface area (Å²) in [5, 5.41) is 4.42. The molecule has 0 N–H and O–H groups in total. The molecule has 1 aromatic carbocycles. The van der Waals surface area contributed by atoms with Gasteiger partial charge in [-0.25, -0.2) is 0 Å². The first-order valence-corrected chi connectivity index (χ1v) is 8.41. The van der Waals surface area contributed by atoms with Gasteiger partial charge >= 0.3 is 6.18 Å². The van der Waals surface area contributed by atoms with Gasteiger partial charge in [-0.15, -0.1) is 0 Å². The largest absolute Gasteiger partial charge is 0.487 e. The summed E-state index contributed by atoms with van der Waals surface area (Å²) in [7, 11) is 0. The van der Waals surface area contributed by atoms with Crippen molar-refractivity contribution in [2.75, 3.05) is 0 Å². The fraction of sp³-hybridized carbons (Fsp3) is 0.500. The van der Waals surface area contributed by atoms with E-state index in [2.05, 4.69) is 5.10 Å². The average Bonchev–Trinajstić information content (AvgIpc) is 2.84. The minimum absolute atomic E-state index is 0.0917. The van der Waals surface area contributed by atoms with Gasteiger partial charge in [0.2, 0.25) is 0 Å². The fourth-order valence-corrected chi connectivity index (χ4v) is 3.85. The van der Waals surface area contributed by atoms with Crippen LogP contribution in [0.2, 0.25) is 0 Å². The molecule has 24 heavy (non-hydrogen) atoms. The zero-order chi connectivity index (χ0) is 16.7. The first-order chi connectivity index (χ1) is 11.5. The van der Waals surface area contributed by atoms with Crippen LogP contribution >= 0.6 is 0 Å².